The summed E-state index contributed by atoms with van der Waals surface area (Å²) >= 11 is 0. The molecule has 0 amide bonds. The molecule has 0 atom stereocenters. The molecule has 0 aliphatic heterocycles. The minimum absolute atomic E-state index is 0.689. The van der Waals surface area contributed by atoms with Crippen LogP contribution in [0.25, 0.3) is 22.5 Å². The molecule has 4 nitrogen and oxygen atoms in total. The molecular formula is C18H17NO3. The molecule has 0 radical (unpaired) electrons. The molecule has 0 fully saturated rings. The Morgan fingerprint density at radius 1 is 1.00 bits per heavy atom. The van der Waals surface area contributed by atoms with Crippen LogP contribution in [0.2, 0.25) is 0 Å². The highest BCUT2D eigenvalue weighted by Crippen LogP contribution is 2.38. The van der Waals surface area contributed by atoms with Crippen LogP contribution in [0.5, 0.6) is 11.5 Å². The molecule has 0 N–H and O–H groups in total. The number of nitrogens with zero attached hydrogens (tertiary/aromatic N) is 1. The van der Waals surface area contributed by atoms with Crippen molar-refractivity contribution in [3.63, 3.8) is 0 Å². The summed E-state index contributed by atoms with van der Waals surface area (Å²) in [7, 11) is 3.26. The average Bonchev–Trinajstić information content (AvgIpc) is 3.08. The number of ether oxygens (including phenoxy) is 2. The molecule has 3 rings (SSSR count). The van der Waals surface area contributed by atoms with Crippen molar-refractivity contribution in [2.75, 3.05) is 14.2 Å². The van der Waals surface area contributed by atoms with Gasteiger partial charge in [-0.1, -0.05) is 6.07 Å². The number of pyridine rings is 1. The van der Waals surface area contributed by atoms with E-state index in [2.05, 4.69) is 4.98 Å². The first kappa shape index (κ1) is 14.2. The van der Waals surface area contributed by atoms with E-state index in [1.165, 1.54) is 0 Å². The molecule has 2 heterocycles. The van der Waals surface area contributed by atoms with Crippen LogP contribution in [-0.4, -0.2) is 19.2 Å². The van der Waals surface area contributed by atoms with Crippen molar-refractivity contribution in [1.29, 1.82) is 0 Å². The first-order valence-electron chi connectivity index (χ1n) is 6.96. The molecule has 22 heavy (non-hydrogen) atoms. The summed E-state index contributed by atoms with van der Waals surface area (Å²) in [5.74, 6) is 2.20. The van der Waals surface area contributed by atoms with Gasteiger partial charge in [-0.15, -0.1) is 0 Å². The lowest BCUT2D eigenvalue weighted by Crippen LogP contribution is -1.94. The molecule has 0 unspecified atom stereocenters. The van der Waals surface area contributed by atoms with Crippen LogP contribution in [-0.2, 0) is 0 Å². The maximum absolute atomic E-state index is 5.55. The highest BCUT2D eigenvalue weighted by atomic mass is 16.5. The normalized spacial score (nSPS) is 10.5. The van der Waals surface area contributed by atoms with Crippen LogP contribution in [0.3, 0.4) is 0 Å². The average molecular weight is 295 g/mol. The van der Waals surface area contributed by atoms with Crippen molar-refractivity contribution in [2.24, 2.45) is 0 Å². The summed E-state index contributed by atoms with van der Waals surface area (Å²) < 4.78 is 16.3. The molecule has 0 aliphatic carbocycles. The lowest BCUT2D eigenvalue weighted by atomic mass is 9.97. The van der Waals surface area contributed by atoms with Gasteiger partial charge in [-0.2, -0.15) is 0 Å². The van der Waals surface area contributed by atoms with Crippen LogP contribution in [0.1, 0.15) is 5.69 Å². The Morgan fingerprint density at radius 3 is 2.50 bits per heavy atom. The van der Waals surface area contributed by atoms with E-state index >= 15 is 0 Å². The van der Waals surface area contributed by atoms with Crippen molar-refractivity contribution < 1.29 is 13.9 Å². The summed E-state index contributed by atoms with van der Waals surface area (Å²) in [6.45, 7) is 1.98. The van der Waals surface area contributed by atoms with Gasteiger partial charge in [-0.3, -0.25) is 4.98 Å². The molecule has 112 valence electrons. The third kappa shape index (κ3) is 2.44. The number of benzene rings is 1. The van der Waals surface area contributed by atoms with E-state index in [0.29, 0.717) is 11.5 Å². The highest BCUT2D eigenvalue weighted by Gasteiger charge is 2.15. The van der Waals surface area contributed by atoms with E-state index in [9.17, 15) is 0 Å². The molecule has 0 saturated carbocycles. The summed E-state index contributed by atoms with van der Waals surface area (Å²) in [6, 6.07) is 11.6. The predicted octanol–water partition coefficient (Wildman–Crippen LogP) is 4.33. The third-order valence-electron chi connectivity index (χ3n) is 3.60. The second kappa shape index (κ2) is 5.93. The van der Waals surface area contributed by atoms with E-state index < -0.39 is 0 Å². The molecule has 0 spiro atoms. The molecule has 0 bridgehead atoms. The largest absolute Gasteiger partial charge is 0.493 e. The van der Waals surface area contributed by atoms with E-state index in [1.807, 2.05) is 43.3 Å². The Kier molecular flexibility index (Phi) is 3.83. The van der Waals surface area contributed by atoms with Crippen LogP contribution in [0.15, 0.2) is 53.3 Å². The van der Waals surface area contributed by atoms with Crippen LogP contribution in [0, 0.1) is 6.92 Å². The minimum atomic E-state index is 0.689. The van der Waals surface area contributed by atoms with Gasteiger partial charge < -0.3 is 13.9 Å². The number of hydrogen-bond donors (Lipinski definition) is 0. The van der Waals surface area contributed by atoms with Gasteiger partial charge in [0.25, 0.3) is 0 Å². The number of hydrogen-bond acceptors (Lipinski definition) is 4. The highest BCUT2D eigenvalue weighted by molar-refractivity contribution is 5.83. The Labute approximate surface area is 129 Å². The van der Waals surface area contributed by atoms with Gasteiger partial charge in [0.1, 0.15) is 5.76 Å². The lowest BCUT2D eigenvalue weighted by Gasteiger charge is -2.13. The fourth-order valence-corrected chi connectivity index (χ4v) is 2.56. The first-order chi connectivity index (χ1) is 10.7. The van der Waals surface area contributed by atoms with Crippen molar-refractivity contribution in [1.82, 2.24) is 4.98 Å². The Balaban J connectivity index is 2.20. The molecule has 0 aliphatic rings. The number of rotatable bonds is 4. The second-order valence-electron chi connectivity index (χ2n) is 4.87. The van der Waals surface area contributed by atoms with Crippen LogP contribution >= 0.6 is 0 Å². The van der Waals surface area contributed by atoms with E-state index in [1.54, 1.807) is 26.7 Å². The standard InChI is InChI=1S/C18H17NO3/c1-12-18(13-6-7-16(20-2)17(11-13)21-3)14(8-9-19-12)15-5-4-10-22-15/h4-11H,1-3H3. The molecular weight excluding hydrogens is 278 g/mol. The predicted molar refractivity (Wildman–Crippen MR) is 85.2 cm³/mol. The molecule has 2 aromatic heterocycles. The number of aromatic nitrogens is 1. The van der Waals surface area contributed by atoms with Gasteiger partial charge in [-0.25, -0.2) is 0 Å². The van der Waals surface area contributed by atoms with Gasteiger partial charge in [0.05, 0.1) is 20.5 Å². The summed E-state index contributed by atoms with van der Waals surface area (Å²) in [6.07, 6.45) is 3.46. The maximum atomic E-state index is 5.55. The summed E-state index contributed by atoms with van der Waals surface area (Å²) in [5, 5.41) is 0. The van der Waals surface area contributed by atoms with Gasteiger partial charge in [0, 0.05) is 23.0 Å². The van der Waals surface area contributed by atoms with Crippen LogP contribution in [0.4, 0.5) is 0 Å². The van der Waals surface area contributed by atoms with E-state index in [4.69, 9.17) is 13.9 Å². The Bertz CT molecular complexity index is 779. The zero-order chi connectivity index (χ0) is 15.5. The van der Waals surface area contributed by atoms with Crippen molar-refractivity contribution >= 4 is 0 Å². The molecule has 1 aromatic carbocycles. The maximum Gasteiger partial charge on any atom is 0.161 e. The zero-order valence-corrected chi connectivity index (χ0v) is 12.8. The third-order valence-corrected chi connectivity index (χ3v) is 3.60. The fraction of sp³-hybridized carbons (Fsp3) is 0.167. The van der Waals surface area contributed by atoms with Gasteiger partial charge >= 0.3 is 0 Å². The summed E-state index contributed by atoms with van der Waals surface area (Å²) in [5.41, 5.74) is 3.97. The lowest BCUT2D eigenvalue weighted by molar-refractivity contribution is 0.355. The molecule has 4 heteroatoms. The smallest absolute Gasteiger partial charge is 0.161 e. The number of furan rings is 1. The summed E-state index contributed by atoms with van der Waals surface area (Å²) in [4.78, 5) is 4.41. The topological polar surface area (TPSA) is 44.5 Å². The monoisotopic (exact) mass is 295 g/mol. The Morgan fingerprint density at radius 2 is 1.82 bits per heavy atom. The van der Waals surface area contributed by atoms with E-state index in [-0.39, 0.29) is 0 Å². The van der Waals surface area contributed by atoms with Gasteiger partial charge in [-0.05, 0) is 42.8 Å². The molecule has 3 aromatic rings. The number of methoxy groups -OCH3 is 2. The van der Waals surface area contributed by atoms with Gasteiger partial charge in [0.2, 0.25) is 0 Å². The van der Waals surface area contributed by atoms with E-state index in [0.717, 1.165) is 28.1 Å². The minimum Gasteiger partial charge on any atom is -0.493 e. The SMILES string of the molecule is COc1ccc(-c2c(-c3ccco3)ccnc2C)cc1OC. The van der Waals surface area contributed by atoms with Crippen molar-refractivity contribution in [3.8, 4) is 33.9 Å². The van der Waals surface area contributed by atoms with Crippen molar-refractivity contribution in [2.45, 2.75) is 6.92 Å². The number of aryl methyl sites for hydroxylation is 1. The van der Waals surface area contributed by atoms with Gasteiger partial charge in [0.15, 0.2) is 11.5 Å². The van der Waals surface area contributed by atoms with Crippen LogP contribution < -0.4 is 9.47 Å². The van der Waals surface area contributed by atoms with Crippen molar-refractivity contribution in [3.05, 3.63) is 54.6 Å². The second-order valence-corrected chi connectivity index (χ2v) is 4.87. The zero-order valence-electron chi connectivity index (χ0n) is 12.8. The quantitative estimate of drug-likeness (QED) is 0.718. The molecule has 0 saturated heterocycles. The fourth-order valence-electron chi connectivity index (χ4n) is 2.56. The first-order valence-corrected chi connectivity index (χ1v) is 6.96. The Hall–Kier alpha value is -2.75.